The van der Waals surface area contributed by atoms with Crippen LogP contribution in [0.15, 0.2) is 12.2 Å². The predicted octanol–water partition coefficient (Wildman–Crippen LogP) is 2.24. The van der Waals surface area contributed by atoms with Crippen LogP contribution in [0.3, 0.4) is 0 Å². The largest absolute Gasteiger partial charge is 0.394 e. The molecule has 0 aromatic rings. The average molecular weight is 448 g/mol. The van der Waals surface area contributed by atoms with Gasteiger partial charge in [-0.3, -0.25) is 14.4 Å². The Morgan fingerprint density at radius 2 is 1.84 bits per heavy atom. The summed E-state index contributed by atoms with van der Waals surface area (Å²) in [7, 11) is 1.60. The summed E-state index contributed by atoms with van der Waals surface area (Å²) in [5.74, 6) is -1.68. The summed E-state index contributed by atoms with van der Waals surface area (Å²) in [4.78, 5) is 42.0. The van der Waals surface area contributed by atoms with Crippen LogP contribution < -0.4 is 10.6 Å². The lowest BCUT2D eigenvalue weighted by Crippen LogP contribution is -2.54. The Balaban J connectivity index is 1.98. The van der Waals surface area contributed by atoms with Crippen molar-refractivity contribution in [3.63, 3.8) is 0 Å². The van der Waals surface area contributed by atoms with Crippen LogP contribution in [0.1, 0.15) is 65.7 Å². The summed E-state index contributed by atoms with van der Waals surface area (Å²) < 4.78 is 0. The number of rotatable bonds is 8. The molecule has 0 aromatic heterocycles. The fraction of sp³-hybridized carbons (Fsp3) is 0.800. The molecule has 3 aliphatic rings. The molecule has 0 radical (unpaired) electrons. The molecule has 0 unspecified atom stereocenters. The molecule has 3 N–H and O–H groups in total. The van der Waals surface area contributed by atoms with Gasteiger partial charge in [-0.15, -0.1) is 0 Å². The van der Waals surface area contributed by atoms with Gasteiger partial charge in [0.25, 0.3) is 0 Å². The monoisotopic (exact) mass is 447 g/mol. The first-order chi connectivity index (χ1) is 15.3. The third-order valence-corrected chi connectivity index (χ3v) is 7.64. The van der Waals surface area contributed by atoms with Gasteiger partial charge in [0.2, 0.25) is 17.7 Å². The lowest BCUT2D eigenvalue weighted by Gasteiger charge is -2.35. The number of nitrogens with one attached hydrogen (secondary N) is 2. The molecule has 2 fully saturated rings. The normalized spacial score (nSPS) is 31.5. The maximum atomic E-state index is 13.8. The number of carbonyl (C=O) groups is 3. The summed E-state index contributed by atoms with van der Waals surface area (Å²) in [6.45, 7) is 5.93. The minimum atomic E-state index is -0.688. The molecule has 6 atom stereocenters. The second-order valence-corrected chi connectivity index (χ2v) is 10.2. The molecule has 180 valence electrons. The van der Waals surface area contributed by atoms with Gasteiger partial charge in [0.05, 0.1) is 24.5 Å². The van der Waals surface area contributed by atoms with E-state index in [-0.39, 0.29) is 48.1 Å². The van der Waals surface area contributed by atoms with E-state index in [9.17, 15) is 19.5 Å². The van der Waals surface area contributed by atoms with Gasteiger partial charge in [0.1, 0.15) is 6.04 Å². The standard InChI is InChI=1S/C25H41N3O4/c1-5-16-11-12-19-21(20(16)23(30)26-4)25(32)28(18(14-29)13-15(2)3)22(19)24(31)27-17-9-7-6-8-10-17/h11-12,15-22,29H,5-10,13-14H2,1-4H3,(H,26,30)(H,27,31)/t16-,18-,19+,20-,21+,22+/m1/s1. The number of carbonyl (C=O) groups excluding carboxylic acids is 3. The van der Waals surface area contributed by atoms with Gasteiger partial charge in [-0.2, -0.15) is 0 Å². The van der Waals surface area contributed by atoms with Crippen LogP contribution in [0.4, 0.5) is 0 Å². The fourth-order valence-corrected chi connectivity index (χ4v) is 6.11. The second-order valence-electron chi connectivity index (χ2n) is 10.2. The van der Waals surface area contributed by atoms with Gasteiger partial charge in [0, 0.05) is 19.0 Å². The summed E-state index contributed by atoms with van der Waals surface area (Å²) in [6.07, 6.45) is 10.7. The van der Waals surface area contributed by atoms with Crippen molar-refractivity contribution in [1.82, 2.24) is 15.5 Å². The van der Waals surface area contributed by atoms with Gasteiger partial charge in [-0.25, -0.2) is 0 Å². The van der Waals surface area contributed by atoms with Crippen LogP contribution >= 0.6 is 0 Å². The van der Waals surface area contributed by atoms with Crippen molar-refractivity contribution in [3.8, 4) is 0 Å². The molecule has 1 saturated carbocycles. The van der Waals surface area contributed by atoms with E-state index in [0.717, 1.165) is 32.1 Å². The maximum Gasteiger partial charge on any atom is 0.243 e. The van der Waals surface area contributed by atoms with Crippen molar-refractivity contribution < 1.29 is 19.5 Å². The van der Waals surface area contributed by atoms with Crippen LogP contribution in [0.2, 0.25) is 0 Å². The quantitative estimate of drug-likeness (QED) is 0.497. The minimum Gasteiger partial charge on any atom is -0.394 e. The molecule has 1 heterocycles. The topological polar surface area (TPSA) is 98.7 Å². The summed E-state index contributed by atoms with van der Waals surface area (Å²) in [5, 5.41) is 16.2. The number of aliphatic hydroxyl groups is 1. The Labute approximate surface area is 192 Å². The lowest BCUT2D eigenvalue weighted by atomic mass is 9.68. The van der Waals surface area contributed by atoms with Crippen LogP contribution in [0.25, 0.3) is 0 Å². The Kier molecular flexibility index (Phi) is 8.37. The smallest absolute Gasteiger partial charge is 0.243 e. The van der Waals surface area contributed by atoms with E-state index < -0.39 is 23.9 Å². The molecule has 32 heavy (non-hydrogen) atoms. The zero-order valence-corrected chi connectivity index (χ0v) is 20.0. The highest BCUT2D eigenvalue weighted by molar-refractivity contribution is 5.97. The Morgan fingerprint density at radius 3 is 2.41 bits per heavy atom. The number of amides is 3. The first-order valence-corrected chi connectivity index (χ1v) is 12.5. The van der Waals surface area contributed by atoms with E-state index in [1.54, 1.807) is 11.9 Å². The number of hydrogen-bond donors (Lipinski definition) is 3. The number of nitrogens with zero attached hydrogens (tertiary/aromatic N) is 1. The summed E-state index contributed by atoms with van der Waals surface area (Å²) >= 11 is 0. The van der Waals surface area contributed by atoms with Crippen molar-refractivity contribution in [3.05, 3.63) is 12.2 Å². The first kappa shape index (κ1) is 24.7. The van der Waals surface area contributed by atoms with Crippen molar-refractivity contribution in [2.24, 2.45) is 29.6 Å². The molecule has 7 nitrogen and oxygen atoms in total. The zero-order valence-electron chi connectivity index (χ0n) is 20.0. The van der Waals surface area contributed by atoms with Gasteiger partial charge >= 0.3 is 0 Å². The molecular formula is C25H41N3O4. The first-order valence-electron chi connectivity index (χ1n) is 12.5. The molecule has 7 heteroatoms. The highest BCUT2D eigenvalue weighted by atomic mass is 16.3. The van der Waals surface area contributed by atoms with Gasteiger partial charge in [-0.1, -0.05) is 52.2 Å². The number of allylic oxidation sites excluding steroid dienone is 1. The SMILES string of the molecule is CC[C@@H]1C=C[C@H]2[C@H](C(=O)N([C@@H](CO)CC(C)C)[C@@H]2C(=O)NC2CCCCC2)[C@@H]1C(=O)NC. The minimum absolute atomic E-state index is 0.0418. The van der Waals surface area contributed by atoms with Crippen molar-refractivity contribution in [2.75, 3.05) is 13.7 Å². The van der Waals surface area contributed by atoms with Gasteiger partial charge < -0.3 is 20.6 Å². The summed E-state index contributed by atoms with van der Waals surface area (Å²) in [5.41, 5.74) is 0. The van der Waals surface area contributed by atoms with Gasteiger partial charge in [0.15, 0.2) is 0 Å². The third kappa shape index (κ3) is 4.87. The van der Waals surface area contributed by atoms with Gasteiger partial charge in [-0.05, 0) is 37.5 Å². The van der Waals surface area contributed by atoms with E-state index in [1.165, 1.54) is 6.42 Å². The molecule has 3 amide bonds. The van der Waals surface area contributed by atoms with Crippen molar-refractivity contribution >= 4 is 17.7 Å². The Morgan fingerprint density at radius 1 is 1.16 bits per heavy atom. The molecule has 3 rings (SSSR count). The summed E-state index contributed by atoms with van der Waals surface area (Å²) in [6, 6.07) is -0.990. The number of likely N-dealkylation sites (tertiary alicyclic amines) is 1. The average Bonchev–Trinajstić information content (AvgIpc) is 3.09. The predicted molar refractivity (Wildman–Crippen MR) is 123 cm³/mol. The third-order valence-electron chi connectivity index (χ3n) is 7.64. The van der Waals surface area contributed by atoms with E-state index in [2.05, 4.69) is 10.6 Å². The second kappa shape index (κ2) is 10.8. The highest BCUT2D eigenvalue weighted by Crippen LogP contribution is 2.46. The van der Waals surface area contributed by atoms with Crippen LogP contribution in [0, 0.1) is 29.6 Å². The van der Waals surface area contributed by atoms with Crippen molar-refractivity contribution in [1.29, 1.82) is 0 Å². The Bertz CT molecular complexity index is 716. The maximum absolute atomic E-state index is 13.8. The lowest BCUT2D eigenvalue weighted by molar-refractivity contribution is -0.143. The molecule has 1 aliphatic heterocycles. The number of aliphatic hydroxyl groups excluding tert-OH is 1. The molecule has 0 aromatic carbocycles. The molecule has 0 spiro atoms. The Hall–Kier alpha value is -1.89. The number of hydrogen-bond acceptors (Lipinski definition) is 4. The van der Waals surface area contributed by atoms with Crippen molar-refractivity contribution in [2.45, 2.75) is 83.8 Å². The molecular weight excluding hydrogens is 406 g/mol. The van der Waals surface area contributed by atoms with Crippen LogP contribution in [-0.2, 0) is 14.4 Å². The molecule has 1 saturated heterocycles. The molecule has 0 bridgehead atoms. The zero-order chi connectivity index (χ0) is 23.4. The van der Waals surface area contributed by atoms with E-state index >= 15 is 0 Å². The number of fused-ring (bicyclic) bond motifs is 1. The fourth-order valence-electron chi connectivity index (χ4n) is 6.11. The van der Waals surface area contributed by atoms with E-state index in [0.29, 0.717) is 6.42 Å². The highest BCUT2D eigenvalue weighted by Gasteiger charge is 2.58. The van der Waals surface area contributed by atoms with Crippen LogP contribution in [-0.4, -0.2) is 59.5 Å². The van der Waals surface area contributed by atoms with E-state index in [4.69, 9.17) is 0 Å². The van der Waals surface area contributed by atoms with E-state index in [1.807, 2.05) is 32.9 Å². The molecule has 2 aliphatic carbocycles. The van der Waals surface area contributed by atoms with Crippen LogP contribution in [0.5, 0.6) is 0 Å².